The van der Waals surface area contributed by atoms with Gasteiger partial charge >= 0.3 is 0 Å². The minimum absolute atomic E-state index is 0.166. The Kier molecular flexibility index (Phi) is 4.68. The van der Waals surface area contributed by atoms with Crippen molar-refractivity contribution in [1.29, 1.82) is 0 Å². The van der Waals surface area contributed by atoms with Crippen molar-refractivity contribution in [3.05, 3.63) is 53.7 Å². The predicted octanol–water partition coefficient (Wildman–Crippen LogP) is 2.88. The lowest BCUT2D eigenvalue weighted by Crippen LogP contribution is -2.35. The smallest absolute Gasteiger partial charge is 0.261 e. The maximum Gasteiger partial charge on any atom is 0.261 e. The first-order chi connectivity index (χ1) is 11.2. The molecule has 1 aromatic carbocycles. The topological polar surface area (TPSA) is 77.2 Å². The summed E-state index contributed by atoms with van der Waals surface area (Å²) in [4.78, 5) is 17.2. The Morgan fingerprint density at radius 2 is 2.13 bits per heavy atom. The molecule has 3 rings (SSSR count). The molecule has 23 heavy (non-hydrogen) atoms. The van der Waals surface area contributed by atoms with Gasteiger partial charge in [-0.1, -0.05) is 29.4 Å². The Morgan fingerprint density at radius 3 is 2.87 bits per heavy atom. The van der Waals surface area contributed by atoms with Crippen LogP contribution in [-0.4, -0.2) is 22.2 Å². The van der Waals surface area contributed by atoms with E-state index in [2.05, 4.69) is 15.5 Å². The number of benzene rings is 1. The highest BCUT2D eigenvalue weighted by molar-refractivity contribution is 7.13. The van der Waals surface area contributed by atoms with Crippen molar-refractivity contribution < 1.29 is 14.1 Å². The van der Waals surface area contributed by atoms with Crippen molar-refractivity contribution >= 4 is 17.2 Å². The molecule has 1 N–H and O–H groups in total. The van der Waals surface area contributed by atoms with Gasteiger partial charge < -0.3 is 14.6 Å². The van der Waals surface area contributed by atoms with Crippen LogP contribution in [0.3, 0.4) is 0 Å². The Labute approximate surface area is 137 Å². The molecule has 6 nitrogen and oxygen atoms in total. The summed E-state index contributed by atoms with van der Waals surface area (Å²) >= 11 is 1.53. The van der Waals surface area contributed by atoms with Gasteiger partial charge in [0.15, 0.2) is 6.10 Å². The van der Waals surface area contributed by atoms with Gasteiger partial charge in [0.25, 0.3) is 5.91 Å². The second-order valence-corrected chi connectivity index (χ2v) is 5.73. The third-order valence-electron chi connectivity index (χ3n) is 3.05. The molecule has 2 heterocycles. The van der Waals surface area contributed by atoms with Crippen LogP contribution in [0.1, 0.15) is 12.8 Å². The van der Waals surface area contributed by atoms with Gasteiger partial charge in [-0.05, 0) is 30.5 Å². The molecule has 0 saturated heterocycles. The van der Waals surface area contributed by atoms with Crippen molar-refractivity contribution in [3.63, 3.8) is 0 Å². The largest absolute Gasteiger partial charge is 0.481 e. The molecule has 0 saturated carbocycles. The average molecular weight is 329 g/mol. The SMILES string of the molecule is C[C@H](Oc1ccccc1)C(=O)NCc1nc(-c2cccs2)no1. The summed E-state index contributed by atoms with van der Waals surface area (Å²) in [5.41, 5.74) is 0. The molecule has 7 heteroatoms. The molecule has 0 radical (unpaired) electrons. The number of rotatable bonds is 6. The first-order valence-corrected chi connectivity index (χ1v) is 7.96. The van der Waals surface area contributed by atoms with E-state index in [4.69, 9.17) is 9.26 Å². The molecular formula is C16H15N3O3S. The highest BCUT2D eigenvalue weighted by Gasteiger charge is 2.16. The Hall–Kier alpha value is -2.67. The van der Waals surface area contributed by atoms with Crippen LogP contribution >= 0.6 is 11.3 Å². The van der Waals surface area contributed by atoms with Crippen molar-refractivity contribution in [2.75, 3.05) is 0 Å². The van der Waals surface area contributed by atoms with E-state index in [-0.39, 0.29) is 12.5 Å². The zero-order valence-electron chi connectivity index (χ0n) is 12.4. The van der Waals surface area contributed by atoms with Gasteiger partial charge in [-0.25, -0.2) is 0 Å². The van der Waals surface area contributed by atoms with Crippen LogP contribution in [0.2, 0.25) is 0 Å². The first-order valence-electron chi connectivity index (χ1n) is 7.08. The van der Waals surface area contributed by atoms with Gasteiger partial charge in [-0.2, -0.15) is 4.98 Å². The quantitative estimate of drug-likeness (QED) is 0.752. The predicted molar refractivity (Wildman–Crippen MR) is 86.0 cm³/mol. The summed E-state index contributed by atoms with van der Waals surface area (Å²) in [5.74, 6) is 1.28. The molecule has 0 aliphatic carbocycles. The molecule has 0 aliphatic heterocycles. The van der Waals surface area contributed by atoms with E-state index in [0.717, 1.165) is 4.88 Å². The Morgan fingerprint density at radius 1 is 1.30 bits per heavy atom. The lowest BCUT2D eigenvalue weighted by molar-refractivity contribution is -0.127. The summed E-state index contributed by atoms with van der Waals surface area (Å²) in [6.45, 7) is 1.85. The summed E-state index contributed by atoms with van der Waals surface area (Å²) in [5, 5.41) is 8.55. The molecule has 0 spiro atoms. The van der Waals surface area contributed by atoms with Crippen LogP contribution in [0.15, 0.2) is 52.4 Å². The number of nitrogens with zero attached hydrogens (tertiary/aromatic N) is 2. The minimum Gasteiger partial charge on any atom is -0.481 e. The lowest BCUT2D eigenvalue weighted by atomic mass is 10.3. The molecule has 3 aromatic rings. The van der Waals surface area contributed by atoms with Crippen LogP contribution in [0, 0.1) is 0 Å². The molecular weight excluding hydrogens is 314 g/mol. The van der Waals surface area contributed by atoms with E-state index in [1.54, 1.807) is 19.1 Å². The molecule has 118 valence electrons. The minimum atomic E-state index is -0.614. The monoisotopic (exact) mass is 329 g/mol. The number of thiophene rings is 1. The van der Waals surface area contributed by atoms with Crippen LogP contribution in [-0.2, 0) is 11.3 Å². The molecule has 1 amide bonds. The number of carbonyl (C=O) groups excluding carboxylic acids is 1. The van der Waals surface area contributed by atoms with E-state index in [1.165, 1.54) is 11.3 Å². The third-order valence-corrected chi connectivity index (χ3v) is 3.91. The zero-order valence-corrected chi connectivity index (χ0v) is 13.2. The number of amides is 1. The second kappa shape index (κ2) is 7.06. The molecule has 1 atom stereocenters. The summed E-state index contributed by atoms with van der Waals surface area (Å²) in [6, 6.07) is 13.0. The van der Waals surface area contributed by atoms with Gasteiger partial charge in [0.1, 0.15) is 5.75 Å². The fraction of sp³-hybridized carbons (Fsp3) is 0.188. The zero-order chi connectivity index (χ0) is 16.1. The number of ether oxygens (including phenoxy) is 1. The fourth-order valence-electron chi connectivity index (χ4n) is 1.90. The maximum absolute atomic E-state index is 12.0. The van der Waals surface area contributed by atoms with Crippen molar-refractivity contribution in [3.8, 4) is 16.5 Å². The fourth-order valence-corrected chi connectivity index (χ4v) is 2.54. The van der Waals surface area contributed by atoms with Crippen LogP contribution < -0.4 is 10.1 Å². The summed E-state index contributed by atoms with van der Waals surface area (Å²) < 4.78 is 10.7. The van der Waals surface area contributed by atoms with Crippen molar-refractivity contribution in [2.45, 2.75) is 19.6 Å². The molecule has 0 fully saturated rings. The van der Waals surface area contributed by atoms with Gasteiger partial charge in [-0.15, -0.1) is 11.3 Å². The second-order valence-electron chi connectivity index (χ2n) is 4.78. The number of nitrogens with one attached hydrogen (secondary N) is 1. The molecule has 2 aromatic heterocycles. The van der Waals surface area contributed by atoms with E-state index in [1.807, 2.05) is 35.7 Å². The highest BCUT2D eigenvalue weighted by atomic mass is 32.1. The van der Waals surface area contributed by atoms with E-state index in [0.29, 0.717) is 17.5 Å². The third kappa shape index (κ3) is 3.95. The lowest BCUT2D eigenvalue weighted by Gasteiger charge is -2.13. The van der Waals surface area contributed by atoms with E-state index >= 15 is 0 Å². The Bertz CT molecular complexity index is 756. The first kappa shape index (κ1) is 15.2. The molecule has 0 unspecified atom stereocenters. The normalized spacial score (nSPS) is 11.9. The number of para-hydroxylation sites is 1. The number of aromatic nitrogens is 2. The summed E-state index contributed by atoms with van der Waals surface area (Å²) in [7, 11) is 0. The summed E-state index contributed by atoms with van der Waals surface area (Å²) in [6.07, 6.45) is -0.614. The van der Waals surface area contributed by atoms with Gasteiger partial charge in [0, 0.05) is 0 Å². The van der Waals surface area contributed by atoms with Crippen LogP contribution in [0.25, 0.3) is 10.7 Å². The number of hydrogen-bond donors (Lipinski definition) is 1. The van der Waals surface area contributed by atoms with Crippen molar-refractivity contribution in [2.24, 2.45) is 0 Å². The number of hydrogen-bond acceptors (Lipinski definition) is 6. The van der Waals surface area contributed by atoms with E-state index < -0.39 is 6.10 Å². The number of carbonyl (C=O) groups is 1. The Balaban J connectivity index is 1.52. The maximum atomic E-state index is 12.0. The standard InChI is InChI=1S/C16H15N3O3S/c1-11(21-12-6-3-2-4-7-12)16(20)17-10-14-18-15(19-22-14)13-8-5-9-23-13/h2-9,11H,10H2,1H3,(H,17,20)/t11-/m0/s1. The van der Waals surface area contributed by atoms with Crippen LogP contribution in [0.5, 0.6) is 5.75 Å². The van der Waals surface area contributed by atoms with Crippen LogP contribution in [0.4, 0.5) is 0 Å². The van der Waals surface area contributed by atoms with Gasteiger partial charge in [-0.3, -0.25) is 4.79 Å². The average Bonchev–Trinajstić information content (AvgIpc) is 3.24. The van der Waals surface area contributed by atoms with Crippen molar-refractivity contribution in [1.82, 2.24) is 15.5 Å². The molecule has 0 aliphatic rings. The molecule has 0 bridgehead atoms. The van der Waals surface area contributed by atoms with E-state index in [9.17, 15) is 4.79 Å². The highest BCUT2D eigenvalue weighted by Crippen LogP contribution is 2.21. The van der Waals surface area contributed by atoms with Gasteiger partial charge in [0.2, 0.25) is 11.7 Å². The van der Waals surface area contributed by atoms with Gasteiger partial charge in [0.05, 0.1) is 11.4 Å².